The lowest BCUT2D eigenvalue weighted by Gasteiger charge is -2.30. The van der Waals surface area contributed by atoms with Crippen molar-refractivity contribution in [2.24, 2.45) is 5.73 Å². The molecule has 2 aromatic carbocycles. The number of piperidine rings is 1. The number of pyridine rings is 1. The van der Waals surface area contributed by atoms with E-state index in [1.54, 1.807) is 12.5 Å². The van der Waals surface area contributed by atoms with Crippen LogP contribution in [0.4, 0.5) is 5.69 Å². The summed E-state index contributed by atoms with van der Waals surface area (Å²) in [6.45, 7) is 11.6. The lowest BCUT2D eigenvalue weighted by atomic mass is 10.0. The highest BCUT2D eigenvalue weighted by molar-refractivity contribution is 6.03. The molecular weight excluding hydrogens is 540 g/mol. The number of aryl methyl sites for hydroxylation is 2. The van der Waals surface area contributed by atoms with Crippen LogP contribution in [0.15, 0.2) is 67.3 Å². The average Bonchev–Trinajstić information content (AvgIpc) is 3.42. The van der Waals surface area contributed by atoms with Gasteiger partial charge in [-0.15, -0.1) is 0 Å². The van der Waals surface area contributed by atoms with Crippen molar-refractivity contribution >= 4 is 11.6 Å². The van der Waals surface area contributed by atoms with Gasteiger partial charge in [0.2, 0.25) is 0 Å². The Labute approximate surface area is 254 Å². The van der Waals surface area contributed by atoms with Crippen molar-refractivity contribution in [1.29, 1.82) is 0 Å². The Morgan fingerprint density at radius 2 is 1.91 bits per heavy atom. The number of nitrogens with zero attached hydrogens (tertiary/aromatic N) is 4. The number of ether oxygens (including phenoxy) is 2. The lowest BCUT2D eigenvalue weighted by Crippen LogP contribution is -2.42. The number of likely N-dealkylation sites (tertiary alicyclic amines) is 1. The second-order valence-electron chi connectivity index (χ2n) is 11.6. The molecule has 1 amide bonds. The number of imidazole rings is 1. The maximum absolute atomic E-state index is 13.5. The Balaban J connectivity index is 1.33. The molecule has 2 aromatic heterocycles. The Bertz CT molecular complexity index is 1530. The molecule has 1 atom stereocenters. The summed E-state index contributed by atoms with van der Waals surface area (Å²) in [5, 5.41) is 3.10. The van der Waals surface area contributed by atoms with E-state index in [2.05, 4.69) is 26.3 Å². The first-order chi connectivity index (χ1) is 20.7. The Hall–Kier alpha value is -4.05. The molecule has 3 heterocycles. The number of benzene rings is 2. The maximum atomic E-state index is 13.5. The molecule has 0 spiro atoms. The van der Waals surface area contributed by atoms with Gasteiger partial charge in [0.25, 0.3) is 5.91 Å². The first kappa shape index (κ1) is 30.4. The number of anilines is 1. The molecule has 0 saturated carbocycles. The van der Waals surface area contributed by atoms with E-state index in [9.17, 15) is 4.79 Å². The summed E-state index contributed by atoms with van der Waals surface area (Å²) in [5.41, 5.74) is 13.2. The zero-order valence-corrected chi connectivity index (χ0v) is 25.5. The predicted octanol–water partition coefficient (Wildman–Crippen LogP) is 5.53. The van der Waals surface area contributed by atoms with E-state index in [0.29, 0.717) is 24.6 Å². The number of carbonyl (C=O) groups is 1. The number of nitrogens with two attached hydrogens (primary N) is 1. The summed E-state index contributed by atoms with van der Waals surface area (Å²) in [6, 6.07) is 16.0. The summed E-state index contributed by atoms with van der Waals surface area (Å²) >= 11 is 0. The molecular formula is C34H42N6O3. The number of aromatic nitrogens is 3. The van der Waals surface area contributed by atoms with E-state index in [0.717, 1.165) is 71.9 Å². The normalized spacial score (nSPS) is 15.5. The average molecular weight is 583 g/mol. The number of rotatable bonds is 11. The van der Waals surface area contributed by atoms with Gasteiger partial charge in [-0.1, -0.05) is 12.1 Å². The molecule has 0 aliphatic carbocycles. The van der Waals surface area contributed by atoms with E-state index < -0.39 is 0 Å². The monoisotopic (exact) mass is 582 g/mol. The van der Waals surface area contributed by atoms with Crippen LogP contribution in [-0.4, -0.2) is 63.8 Å². The van der Waals surface area contributed by atoms with Crippen molar-refractivity contribution in [3.8, 4) is 22.6 Å². The second kappa shape index (κ2) is 13.9. The van der Waals surface area contributed by atoms with Crippen LogP contribution < -0.4 is 15.8 Å². The minimum absolute atomic E-state index is 0.179. The zero-order chi connectivity index (χ0) is 30.3. The molecule has 0 bridgehead atoms. The molecule has 5 rings (SSSR count). The van der Waals surface area contributed by atoms with E-state index in [4.69, 9.17) is 15.2 Å². The van der Waals surface area contributed by atoms with Crippen LogP contribution in [-0.2, 0) is 11.3 Å². The molecule has 3 N–H and O–H groups in total. The fraction of sp³-hybridized carbons (Fsp3) is 0.382. The van der Waals surface area contributed by atoms with Gasteiger partial charge in [0.15, 0.2) is 0 Å². The van der Waals surface area contributed by atoms with Crippen molar-refractivity contribution in [1.82, 2.24) is 19.4 Å². The molecule has 43 heavy (non-hydrogen) atoms. The van der Waals surface area contributed by atoms with Gasteiger partial charge < -0.3 is 25.1 Å². The first-order valence-corrected chi connectivity index (χ1v) is 15.0. The number of hydrogen-bond donors (Lipinski definition) is 2. The molecule has 226 valence electrons. The third-order valence-electron chi connectivity index (χ3n) is 7.50. The lowest BCUT2D eigenvalue weighted by molar-refractivity contribution is 0.0553. The Kier molecular flexibility index (Phi) is 9.86. The van der Waals surface area contributed by atoms with Gasteiger partial charge >= 0.3 is 0 Å². The summed E-state index contributed by atoms with van der Waals surface area (Å²) < 4.78 is 13.3. The summed E-state index contributed by atoms with van der Waals surface area (Å²) in [6.07, 6.45) is 7.84. The summed E-state index contributed by atoms with van der Waals surface area (Å²) in [4.78, 5) is 24.7. The molecule has 4 aromatic rings. The third-order valence-corrected chi connectivity index (χ3v) is 7.50. The van der Waals surface area contributed by atoms with E-state index in [1.807, 2.05) is 80.9 Å². The highest BCUT2D eigenvalue weighted by atomic mass is 16.5. The summed E-state index contributed by atoms with van der Waals surface area (Å²) in [7, 11) is 0. The quantitative estimate of drug-likeness (QED) is 0.224. The van der Waals surface area contributed by atoms with Crippen LogP contribution in [0.1, 0.15) is 54.0 Å². The van der Waals surface area contributed by atoms with E-state index in [1.165, 1.54) is 0 Å². The molecule has 1 saturated heterocycles. The molecule has 0 unspecified atom stereocenters. The number of amides is 1. The van der Waals surface area contributed by atoms with Crippen LogP contribution in [0.25, 0.3) is 16.8 Å². The van der Waals surface area contributed by atoms with Crippen LogP contribution in [0, 0.1) is 13.8 Å². The smallest absolute Gasteiger partial charge is 0.274 e. The topological polar surface area (TPSA) is 108 Å². The van der Waals surface area contributed by atoms with E-state index in [-0.39, 0.29) is 18.1 Å². The minimum Gasteiger partial charge on any atom is -0.491 e. The van der Waals surface area contributed by atoms with Crippen molar-refractivity contribution in [2.45, 2.75) is 59.2 Å². The molecule has 1 aliphatic rings. The van der Waals surface area contributed by atoms with Crippen molar-refractivity contribution in [3.05, 3.63) is 89.8 Å². The fourth-order valence-electron chi connectivity index (χ4n) is 5.37. The third kappa shape index (κ3) is 8.28. The van der Waals surface area contributed by atoms with Gasteiger partial charge in [-0.25, -0.2) is 4.98 Å². The summed E-state index contributed by atoms with van der Waals surface area (Å²) in [5.74, 6) is 0.507. The first-order valence-electron chi connectivity index (χ1n) is 15.0. The largest absolute Gasteiger partial charge is 0.491 e. The molecule has 1 fully saturated rings. The predicted molar refractivity (Wildman–Crippen MR) is 170 cm³/mol. The zero-order valence-electron chi connectivity index (χ0n) is 25.5. The molecule has 1 aliphatic heterocycles. The SMILES string of the molecule is Cc1cn(-c2cc(CN3CCC[C@H](N)C3)cc(NC(=O)c3cc(-c4ccc(OCCOC(C)C)cc4)c(C)cn3)c2)cn1. The highest BCUT2D eigenvalue weighted by Crippen LogP contribution is 2.27. The van der Waals surface area contributed by atoms with Crippen LogP contribution >= 0.6 is 0 Å². The van der Waals surface area contributed by atoms with E-state index >= 15 is 0 Å². The van der Waals surface area contributed by atoms with Gasteiger partial charge in [0.1, 0.15) is 18.1 Å². The molecule has 9 nitrogen and oxygen atoms in total. The van der Waals surface area contributed by atoms with Crippen molar-refractivity contribution in [3.63, 3.8) is 0 Å². The fourth-order valence-corrected chi connectivity index (χ4v) is 5.37. The number of nitrogens with one attached hydrogen (secondary N) is 1. The molecule has 0 radical (unpaired) electrons. The standard InChI is InChI=1S/C34H42N6O3/c1-23(2)42-12-13-43-31-9-7-27(8-10-31)32-17-33(36-18-24(32)3)34(41)38-29-14-26(20-39-11-5-6-28(35)21-39)15-30(16-29)40-19-25(4)37-22-40/h7-10,14-19,22-23,28H,5-6,11-13,20-21,35H2,1-4H3,(H,38,41)/t28-/m0/s1. The van der Waals surface area contributed by atoms with Crippen LogP contribution in [0.5, 0.6) is 5.75 Å². The Morgan fingerprint density at radius 3 is 2.63 bits per heavy atom. The van der Waals surface area contributed by atoms with Crippen LogP contribution in [0.2, 0.25) is 0 Å². The Morgan fingerprint density at radius 1 is 1.09 bits per heavy atom. The van der Waals surface area contributed by atoms with Gasteiger partial charge in [-0.3, -0.25) is 14.7 Å². The van der Waals surface area contributed by atoms with Crippen molar-refractivity contribution in [2.75, 3.05) is 31.6 Å². The minimum atomic E-state index is -0.267. The number of hydrogen-bond acceptors (Lipinski definition) is 7. The van der Waals surface area contributed by atoms with Gasteiger partial charge in [-0.05, 0) is 106 Å². The highest BCUT2D eigenvalue weighted by Gasteiger charge is 2.18. The van der Waals surface area contributed by atoms with Gasteiger partial charge in [0, 0.05) is 42.9 Å². The second-order valence-corrected chi connectivity index (χ2v) is 11.6. The molecule has 9 heteroatoms. The van der Waals surface area contributed by atoms with Crippen molar-refractivity contribution < 1.29 is 14.3 Å². The maximum Gasteiger partial charge on any atom is 0.274 e. The van der Waals surface area contributed by atoms with Crippen LogP contribution in [0.3, 0.4) is 0 Å². The number of carbonyl (C=O) groups excluding carboxylic acids is 1. The van der Waals surface area contributed by atoms with Gasteiger partial charge in [0.05, 0.1) is 24.7 Å². The van der Waals surface area contributed by atoms with Gasteiger partial charge in [-0.2, -0.15) is 0 Å².